The Morgan fingerprint density at radius 1 is 1.21 bits per heavy atom. The van der Waals surface area contributed by atoms with Crippen molar-refractivity contribution in [3.8, 4) is 0 Å². The van der Waals surface area contributed by atoms with Crippen LogP contribution >= 0.6 is 11.6 Å². The van der Waals surface area contributed by atoms with Crippen molar-refractivity contribution in [3.05, 3.63) is 34.3 Å². The Bertz CT molecular complexity index is 714. The number of alkyl carbamates (subject to hydrolysis) is 1. The topological polar surface area (TPSA) is 111 Å². The van der Waals surface area contributed by atoms with Crippen LogP contribution in [0, 0.1) is 0 Å². The van der Waals surface area contributed by atoms with Gasteiger partial charge >= 0.3 is 6.09 Å². The van der Waals surface area contributed by atoms with Crippen LogP contribution in [-0.2, 0) is 20.9 Å². The molecule has 0 aliphatic rings. The molecular formula is C20H30ClN3O4. The SMILES string of the molecule is CC(C)c1ccc(CNC(=O)C(CCC(N)=O)NC(=O)OC(C)(C)C)cc1Cl. The Kier molecular flexibility index (Phi) is 8.75. The monoisotopic (exact) mass is 411 g/mol. The van der Waals surface area contributed by atoms with Gasteiger partial charge in [-0.05, 0) is 50.3 Å². The van der Waals surface area contributed by atoms with Crippen LogP contribution in [0.25, 0.3) is 0 Å². The highest BCUT2D eigenvalue weighted by molar-refractivity contribution is 6.31. The number of benzene rings is 1. The molecule has 0 aliphatic carbocycles. The second-order valence-electron chi connectivity index (χ2n) is 7.93. The molecule has 0 spiro atoms. The molecule has 0 fully saturated rings. The fourth-order valence-corrected chi connectivity index (χ4v) is 2.89. The molecule has 0 radical (unpaired) electrons. The highest BCUT2D eigenvalue weighted by Crippen LogP contribution is 2.25. The Morgan fingerprint density at radius 2 is 1.86 bits per heavy atom. The third kappa shape index (κ3) is 8.61. The van der Waals surface area contributed by atoms with E-state index in [1.165, 1.54) is 0 Å². The third-order valence-electron chi connectivity index (χ3n) is 3.84. The Labute approximate surface area is 171 Å². The summed E-state index contributed by atoms with van der Waals surface area (Å²) < 4.78 is 5.18. The number of nitrogens with two attached hydrogens (primary N) is 1. The predicted octanol–water partition coefficient (Wildman–Crippen LogP) is 3.24. The first-order valence-corrected chi connectivity index (χ1v) is 9.60. The van der Waals surface area contributed by atoms with Crippen LogP contribution < -0.4 is 16.4 Å². The molecule has 0 saturated carbocycles. The van der Waals surface area contributed by atoms with Gasteiger partial charge in [-0.2, -0.15) is 0 Å². The minimum Gasteiger partial charge on any atom is -0.444 e. The Hall–Kier alpha value is -2.28. The lowest BCUT2D eigenvalue weighted by atomic mass is 10.0. The maximum atomic E-state index is 12.5. The van der Waals surface area contributed by atoms with Gasteiger partial charge in [-0.15, -0.1) is 0 Å². The van der Waals surface area contributed by atoms with Crippen LogP contribution in [0.5, 0.6) is 0 Å². The molecular weight excluding hydrogens is 382 g/mol. The number of hydrogen-bond acceptors (Lipinski definition) is 4. The van der Waals surface area contributed by atoms with Crippen molar-refractivity contribution in [1.29, 1.82) is 0 Å². The van der Waals surface area contributed by atoms with Crippen LogP contribution in [0.4, 0.5) is 4.79 Å². The molecule has 8 heteroatoms. The van der Waals surface area contributed by atoms with Gasteiger partial charge in [0.15, 0.2) is 0 Å². The Morgan fingerprint density at radius 3 is 2.36 bits per heavy atom. The molecule has 0 aliphatic heterocycles. The van der Waals surface area contributed by atoms with Crippen molar-refractivity contribution >= 4 is 29.5 Å². The van der Waals surface area contributed by atoms with E-state index < -0.39 is 29.6 Å². The summed E-state index contributed by atoms with van der Waals surface area (Å²) in [6.45, 7) is 9.49. The van der Waals surface area contributed by atoms with Gasteiger partial charge in [0.1, 0.15) is 11.6 Å². The molecule has 1 atom stereocenters. The second kappa shape index (κ2) is 10.3. The number of nitrogens with one attached hydrogen (secondary N) is 2. The van der Waals surface area contributed by atoms with E-state index in [1.807, 2.05) is 26.0 Å². The van der Waals surface area contributed by atoms with E-state index in [4.69, 9.17) is 22.1 Å². The molecule has 7 nitrogen and oxygen atoms in total. The molecule has 3 amide bonds. The largest absolute Gasteiger partial charge is 0.444 e. The van der Waals surface area contributed by atoms with E-state index in [0.717, 1.165) is 11.1 Å². The first-order valence-electron chi connectivity index (χ1n) is 9.23. The molecule has 1 aromatic carbocycles. The average molecular weight is 412 g/mol. The number of carbonyl (C=O) groups is 3. The van der Waals surface area contributed by atoms with Crippen LogP contribution in [0.3, 0.4) is 0 Å². The van der Waals surface area contributed by atoms with Crippen molar-refractivity contribution in [1.82, 2.24) is 10.6 Å². The summed E-state index contributed by atoms with van der Waals surface area (Å²) in [6, 6.07) is 4.68. The number of rotatable bonds is 8. The summed E-state index contributed by atoms with van der Waals surface area (Å²) in [7, 11) is 0. The van der Waals surface area contributed by atoms with Gasteiger partial charge in [-0.3, -0.25) is 9.59 Å². The standard InChI is InChI=1S/C20H30ClN3O4/c1-12(2)14-7-6-13(10-15(14)21)11-23-18(26)16(8-9-17(22)25)24-19(27)28-20(3,4)5/h6-7,10,12,16H,8-9,11H2,1-5H3,(H2,22,25)(H,23,26)(H,24,27). The van der Waals surface area contributed by atoms with Crippen molar-refractivity contribution in [2.75, 3.05) is 0 Å². The molecule has 156 valence electrons. The van der Waals surface area contributed by atoms with Crippen molar-refractivity contribution in [3.63, 3.8) is 0 Å². The minimum atomic E-state index is -0.937. The molecule has 1 aromatic rings. The summed E-state index contributed by atoms with van der Waals surface area (Å²) in [6.07, 6.45) is -0.697. The Balaban J connectivity index is 2.76. The number of primary amides is 1. The molecule has 0 aromatic heterocycles. The zero-order valence-corrected chi connectivity index (χ0v) is 17.9. The van der Waals surface area contributed by atoms with E-state index in [9.17, 15) is 14.4 Å². The van der Waals surface area contributed by atoms with Crippen LogP contribution in [0.2, 0.25) is 5.02 Å². The number of hydrogen-bond donors (Lipinski definition) is 3. The number of amides is 3. The highest BCUT2D eigenvalue weighted by Gasteiger charge is 2.24. The maximum absolute atomic E-state index is 12.5. The average Bonchev–Trinajstić information content (AvgIpc) is 2.54. The molecule has 1 unspecified atom stereocenters. The van der Waals surface area contributed by atoms with Crippen LogP contribution in [0.1, 0.15) is 64.5 Å². The van der Waals surface area contributed by atoms with Crippen LogP contribution in [0.15, 0.2) is 18.2 Å². The summed E-state index contributed by atoms with van der Waals surface area (Å²) >= 11 is 6.28. The number of carbonyl (C=O) groups excluding carboxylic acids is 3. The molecule has 0 saturated heterocycles. The van der Waals surface area contributed by atoms with E-state index >= 15 is 0 Å². The minimum absolute atomic E-state index is 0.0389. The fourth-order valence-electron chi connectivity index (χ4n) is 2.47. The first kappa shape index (κ1) is 23.8. The van der Waals surface area contributed by atoms with Gasteiger partial charge < -0.3 is 21.1 Å². The lowest BCUT2D eigenvalue weighted by molar-refractivity contribution is -0.124. The maximum Gasteiger partial charge on any atom is 0.408 e. The van der Waals surface area contributed by atoms with Gasteiger partial charge in [0, 0.05) is 18.0 Å². The van der Waals surface area contributed by atoms with Gasteiger partial charge in [-0.25, -0.2) is 4.79 Å². The third-order valence-corrected chi connectivity index (χ3v) is 4.17. The molecule has 28 heavy (non-hydrogen) atoms. The van der Waals surface area contributed by atoms with Gasteiger partial charge in [0.05, 0.1) is 0 Å². The van der Waals surface area contributed by atoms with Gasteiger partial charge in [0.2, 0.25) is 11.8 Å². The van der Waals surface area contributed by atoms with E-state index in [-0.39, 0.29) is 19.4 Å². The predicted molar refractivity (Wildman–Crippen MR) is 109 cm³/mol. The van der Waals surface area contributed by atoms with Crippen molar-refractivity contribution in [2.24, 2.45) is 5.73 Å². The zero-order valence-electron chi connectivity index (χ0n) is 17.1. The summed E-state index contributed by atoms with van der Waals surface area (Å²) in [5, 5.41) is 5.88. The lowest BCUT2D eigenvalue weighted by Crippen LogP contribution is -2.48. The fraction of sp³-hybridized carbons (Fsp3) is 0.550. The number of ether oxygens (including phenoxy) is 1. The summed E-state index contributed by atoms with van der Waals surface area (Å²) in [5.74, 6) is -0.691. The normalized spacial score (nSPS) is 12.4. The van der Waals surface area contributed by atoms with Gasteiger partial charge in [-0.1, -0.05) is 37.6 Å². The smallest absolute Gasteiger partial charge is 0.408 e. The molecule has 0 bridgehead atoms. The second-order valence-corrected chi connectivity index (χ2v) is 8.34. The highest BCUT2D eigenvalue weighted by atomic mass is 35.5. The first-order chi connectivity index (χ1) is 12.9. The summed E-state index contributed by atoms with van der Waals surface area (Å²) in [4.78, 5) is 35.6. The van der Waals surface area contributed by atoms with Gasteiger partial charge in [0.25, 0.3) is 0 Å². The van der Waals surface area contributed by atoms with Crippen LogP contribution in [-0.4, -0.2) is 29.6 Å². The van der Waals surface area contributed by atoms with E-state index in [2.05, 4.69) is 10.6 Å². The zero-order chi connectivity index (χ0) is 21.5. The quantitative estimate of drug-likeness (QED) is 0.609. The molecule has 4 N–H and O–H groups in total. The van der Waals surface area contributed by atoms with Crippen molar-refractivity contribution in [2.45, 2.75) is 71.6 Å². The van der Waals surface area contributed by atoms with E-state index in [0.29, 0.717) is 10.9 Å². The van der Waals surface area contributed by atoms with E-state index in [1.54, 1.807) is 26.8 Å². The number of halogens is 1. The summed E-state index contributed by atoms with van der Waals surface area (Å²) in [5.41, 5.74) is 6.32. The van der Waals surface area contributed by atoms with Crippen molar-refractivity contribution < 1.29 is 19.1 Å². The molecule has 1 rings (SSSR count). The molecule has 0 heterocycles. The lowest BCUT2D eigenvalue weighted by Gasteiger charge is -2.23.